The van der Waals surface area contributed by atoms with Crippen LogP contribution < -0.4 is 0 Å². The normalized spacial score (nSPS) is 11.1. The molecule has 0 fully saturated rings. The Bertz CT molecular complexity index is 367. The number of hydrogen-bond acceptors (Lipinski definition) is 2. The van der Waals surface area contributed by atoms with Gasteiger partial charge in [0.2, 0.25) is 0 Å². The van der Waals surface area contributed by atoms with Crippen LogP contribution in [-0.2, 0) is 0 Å². The van der Waals surface area contributed by atoms with E-state index in [9.17, 15) is 13.2 Å². The fraction of sp³-hybridized carbons (Fsp3) is 0. The van der Waals surface area contributed by atoms with Crippen molar-refractivity contribution in [2.24, 2.45) is 5.16 Å². The largest absolute Gasteiger partial charge is 0.411 e. The molecule has 0 aliphatic heterocycles. The van der Waals surface area contributed by atoms with Crippen LogP contribution in [0.3, 0.4) is 0 Å². The molecule has 1 aromatic carbocycles. The van der Waals surface area contributed by atoms with Gasteiger partial charge in [-0.25, -0.2) is 13.2 Å². The minimum absolute atomic E-state index is 0.346. The van der Waals surface area contributed by atoms with Gasteiger partial charge >= 0.3 is 0 Å². The molecule has 0 bridgehead atoms. The molecule has 13 heavy (non-hydrogen) atoms. The van der Waals surface area contributed by atoms with E-state index in [1.807, 2.05) is 0 Å². The van der Waals surface area contributed by atoms with Crippen molar-refractivity contribution < 1.29 is 18.4 Å². The van der Waals surface area contributed by atoms with Crippen LogP contribution in [0.4, 0.5) is 13.2 Å². The van der Waals surface area contributed by atoms with Crippen LogP contribution in [0.2, 0.25) is 0 Å². The topological polar surface area (TPSA) is 32.6 Å². The third-order valence-electron chi connectivity index (χ3n) is 1.34. The van der Waals surface area contributed by atoms with E-state index in [1.54, 1.807) is 0 Å². The van der Waals surface area contributed by atoms with Crippen LogP contribution >= 0.6 is 15.9 Å². The predicted octanol–water partition coefficient (Wildman–Crippen LogP) is 2.67. The lowest BCUT2D eigenvalue weighted by Gasteiger charge is -2.01. The van der Waals surface area contributed by atoms with E-state index >= 15 is 0 Å². The molecule has 6 heteroatoms. The molecular weight excluding hydrogens is 251 g/mol. The zero-order chi connectivity index (χ0) is 10.0. The van der Waals surface area contributed by atoms with E-state index in [0.29, 0.717) is 12.3 Å². The predicted molar refractivity (Wildman–Crippen MR) is 43.4 cm³/mol. The van der Waals surface area contributed by atoms with Crippen LogP contribution in [-0.4, -0.2) is 11.4 Å². The van der Waals surface area contributed by atoms with Gasteiger partial charge in [0.1, 0.15) is 5.82 Å². The van der Waals surface area contributed by atoms with E-state index in [4.69, 9.17) is 5.21 Å². The van der Waals surface area contributed by atoms with E-state index in [1.165, 1.54) is 0 Å². The average molecular weight is 254 g/mol. The fourth-order valence-electron chi connectivity index (χ4n) is 0.756. The minimum Gasteiger partial charge on any atom is -0.411 e. The molecule has 0 aliphatic carbocycles. The summed E-state index contributed by atoms with van der Waals surface area (Å²) >= 11 is 2.63. The molecule has 1 aromatic rings. The lowest BCUT2D eigenvalue weighted by Crippen LogP contribution is -1.97. The Morgan fingerprint density at radius 3 is 2.46 bits per heavy atom. The molecule has 0 saturated heterocycles. The Morgan fingerprint density at radius 1 is 1.31 bits per heavy atom. The molecule has 0 amide bonds. The monoisotopic (exact) mass is 253 g/mol. The van der Waals surface area contributed by atoms with E-state index in [-0.39, 0.29) is 5.56 Å². The van der Waals surface area contributed by atoms with Crippen LogP contribution in [0.1, 0.15) is 5.56 Å². The van der Waals surface area contributed by atoms with Crippen molar-refractivity contribution in [1.29, 1.82) is 0 Å². The summed E-state index contributed by atoms with van der Waals surface area (Å²) in [5.74, 6) is -3.54. The first-order chi connectivity index (χ1) is 6.07. The van der Waals surface area contributed by atoms with E-state index in [2.05, 4.69) is 21.1 Å². The maximum atomic E-state index is 12.8. The molecule has 0 heterocycles. The van der Waals surface area contributed by atoms with Crippen molar-refractivity contribution in [1.82, 2.24) is 0 Å². The Morgan fingerprint density at radius 2 is 1.92 bits per heavy atom. The zero-order valence-electron chi connectivity index (χ0n) is 6.06. The third-order valence-corrected chi connectivity index (χ3v) is 2.11. The number of rotatable bonds is 1. The number of benzene rings is 1. The van der Waals surface area contributed by atoms with Crippen LogP contribution in [0.25, 0.3) is 0 Å². The highest BCUT2D eigenvalue weighted by Gasteiger charge is 2.15. The van der Waals surface area contributed by atoms with E-state index in [0.717, 1.165) is 0 Å². The maximum Gasteiger partial charge on any atom is 0.173 e. The molecule has 0 saturated carbocycles. The van der Waals surface area contributed by atoms with E-state index < -0.39 is 21.9 Å². The van der Waals surface area contributed by atoms with Gasteiger partial charge in [0.25, 0.3) is 0 Å². The maximum absolute atomic E-state index is 12.8. The van der Waals surface area contributed by atoms with Gasteiger partial charge in [0, 0.05) is 11.6 Å². The molecule has 0 spiro atoms. The second-order valence-corrected chi connectivity index (χ2v) is 2.92. The van der Waals surface area contributed by atoms with Crippen molar-refractivity contribution in [2.75, 3.05) is 0 Å². The molecule has 0 aliphatic rings. The minimum atomic E-state index is -1.31. The van der Waals surface area contributed by atoms with Crippen molar-refractivity contribution in [3.63, 3.8) is 0 Å². The number of hydrogen-bond donors (Lipinski definition) is 1. The number of halogens is 4. The molecule has 0 radical (unpaired) electrons. The summed E-state index contributed by atoms with van der Waals surface area (Å²) in [4.78, 5) is 0. The molecule has 70 valence electrons. The smallest absolute Gasteiger partial charge is 0.173 e. The van der Waals surface area contributed by atoms with Crippen LogP contribution in [0.15, 0.2) is 15.7 Å². The molecule has 0 unspecified atom stereocenters. The lowest BCUT2D eigenvalue weighted by molar-refractivity contribution is 0.321. The van der Waals surface area contributed by atoms with Gasteiger partial charge in [-0.15, -0.1) is 0 Å². The van der Waals surface area contributed by atoms with Gasteiger partial charge in [-0.1, -0.05) is 5.16 Å². The molecular formula is C7H3BrF3NO. The summed E-state index contributed by atoms with van der Waals surface area (Å²) in [5.41, 5.74) is -0.346. The SMILES string of the molecule is ON=Cc1c(F)cc(F)c(F)c1Br. The fourth-order valence-corrected chi connectivity index (χ4v) is 1.24. The summed E-state index contributed by atoms with van der Waals surface area (Å²) in [7, 11) is 0. The lowest BCUT2D eigenvalue weighted by atomic mass is 10.2. The highest BCUT2D eigenvalue weighted by molar-refractivity contribution is 9.10. The van der Waals surface area contributed by atoms with Crippen molar-refractivity contribution >= 4 is 22.1 Å². The number of nitrogens with zero attached hydrogens (tertiary/aromatic N) is 1. The Balaban J connectivity index is 3.43. The van der Waals surface area contributed by atoms with Crippen molar-refractivity contribution in [3.05, 3.63) is 33.6 Å². The highest BCUT2D eigenvalue weighted by atomic mass is 79.9. The molecule has 1 rings (SSSR count). The molecule has 0 aromatic heterocycles. The van der Waals surface area contributed by atoms with Gasteiger partial charge in [-0.2, -0.15) is 0 Å². The summed E-state index contributed by atoms with van der Waals surface area (Å²) in [6, 6.07) is 0.372. The van der Waals surface area contributed by atoms with Crippen LogP contribution in [0.5, 0.6) is 0 Å². The van der Waals surface area contributed by atoms with Crippen molar-refractivity contribution in [2.45, 2.75) is 0 Å². The third kappa shape index (κ3) is 1.82. The second kappa shape index (κ2) is 3.78. The Kier molecular flexibility index (Phi) is 2.92. The summed E-state index contributed by atoms with van der Waals surface area (Å²) < 4.78 is 37.7. The Hall–Kier alpha value is -1.04. The standard InChI is InChI=1S/C7H3BrF3NO/c8-6-3(2-12-13)4(9)1-5(10)7(6)11/h1-2,13H. The number of oxime groups is 1. The van der Waals surface area contributed by atoms with Crippen LogP contribution in [0, 0.1) is 17.5 Å². The van der Waals surface area contributed by atoms with Crippen molar-refractivity contribution in [3.8, 4) is 0 Å². The van der Waals surface area contributed by atoms with Gasteiger partial charge in [0.05, 0.1) is 10.7 Å². The summed E-state index contributed by atoms with van der Waals surface area (Å²) in [6.45, 7) is 0. The zero-order valence-corrected chi connectivity index (χ0v) is 7.65. The summed E-state index contributed by atoms with van der Waals surface area (Å²) in [6.07, 6.45) is 0.669. The quantitative estimate of drug-likeness (QED) is 0.270. The summed E-state index contributed by atoms with van der Waals surface area (Å²) in [5, 5.41) is 10.6. The first-order valence-electron chi connectivity index (χ1n) is 3.08. The molecule has 0 atom stereocenters. The van der Waals surface area contributed by atoms with Gasteiger partial charge in [0.15, 0.2) is 11.6 Å². The average Bonchev–Trinajstić information content (AvgIpc) is 2.09. The second-order valence-electron chi connectivity index (χ2n) is 2.13. The first-order valence-corrected chi connectivity index (χ1v) is 3.87. The molecule has 2 nitrogen and oxygen atoms in total. The first kappa shape index (κ1) is 10.0. The molecule has 1 N–H and O–H groups in total. The van der Waals surface area contributed by atoms with Gasteiger partial charge in [-0.3, -0.25) is 0 Å². The van der Waals surface area contributed by atoms with Gasteiger partial charge in [-0.05, 0) is 15.9 Å². The highest BCUT2D eigenvalue weighted by Crippen LogP contribution is 2.24. The van der Waals surface area contributed by atoms with Gasteiger partial charge < -0.3 is 5.21 Å². The Labute approximate surface area is 79.8 Å².